The number of ether oxygens (including phenoxy) is 3. The van der Waals surface area contributed by atoms with Gasteiger partial charge in [0, 0.05) is 12.1 Å². The van der Waals surface area contributed by atoms with Crippen molar-refractivity contribution in [2.75, 3.05) is 19.8 Å². The minimum absolute atomic E-state index is 0.121. The molecule has 3 aliphatic heterocycles. The quantitative estimate of drug-likeness (QED) is 0.458. The molecule has 1 aromatic heterocycles. The van der Waals surface area contributed by atoms with E-state index >= 15 is 0 Å². The van der Waals surface area contributed by atoms with E-state index in [1.165, 1.54) is 57.8 Å². The number of hydrogen-bond acceptors (Lipinski definition) is 8. The zero-order chi connectivity index (χ0) is 25.2. The molecule has 202 valence electrons. The van der Waals surface area contributed by atoms with Gasteiger partial charge in [0.1, 0.15) is 0 Å². The van der Waals surface area contributed by atoms with Crippen molar-refractivity contribution >= 4 is 0 Å². The van der Waals surface area contributed by atoms with Crippen LogP contribution in [-0.4, -0.2) is 63.9 Å². The molecular weight excluding hydrogens is 466 g/mol. The van der Waals surface area contributed by atoms with Crippen LogP contribution in [0.5, 0.6) is 0 Å². The van der Waals surface area contributed by atoms with E-state index in [0.717, 1.165) is 25.5 Å². The first kappa shape index (κ1) is 25.8. The third-order valence-corrected chi connectivity index (χ3v) is 8.20. The Kier molecular flexibility index (Phi) is 8.11. The largest absolute Gasteiger partial charge is 0.371 e. The number of aromatic nitrogens is 3. The molecule has 11 nitrogen and oxygen atoms in total. The molecule has 5 aliphatic rings. The monoisotopic (exact) mass is 507 g/mol. The van der Waals surface area contributed by atoms with Crippen molar-refractivity contribution in [1.82, 2.24) is 13.7 Å². The predicted molar refractivity (Wildman–Crippen MR) is 133 cm³/mol. The summed E-state index contributed by atoms with van der Waals surface area (Å²) in [5.41, 5.74) is 10.1. The highest BCUT2D eigenvalue weighted by atomic mass is 16.6. The van der Waals surface area contributed by atoms with E-state index in [2.05, 4.69) is 0 Å². The Hall–Kier alpha value is -1.79. The van der Waals surface area contributed by atoms with Crippen molar-refractivity contribution in [3.63, 3.8) is 0 Å². The SMILES string of the molecule is NC1CCC(CC2CCC(N)CC2)CC1.O=c1n(CC2CO2)c(=O)n(CC2CO2)c(=O)n1CC1CO1. The molecule has 3 atom stereocenters. The number of rotatable bonds is 8. The van der Waals surface area contributed by atoms with Gasteiger partial charge in [0.25, 0.3) is 0 Å². The van der Waals surface area contributed by atoms with Gasteiger partial charge >= 0.3 is 17.1 Å². The molecule has 3 saturated heterocycles. The second-order valence-corrected chi connectivity index (χ2v) is 11.3. The minimum Gasteiger partial charge on any atom is -0.371 e. The Bertz CT molecular complexity index is 904. The first-order chi connectivity index (χ1) is 17.4. The van der Waals surface area contributed by atoms with E-state index in [-0.39, 0.29) is 37.9 Å². The van der Waals surface area contributed by atoms with Gasteiger partial charge in [-0.3, -0.25) is 0 Å². The number of hydrogen-bond donors (Lipinski definition) is 2. The van der Waals surface area contributed by atoms with E-state index in [1.807, 2.05) is 0 Å². The molecule has 6 rings (SSSR count). The second-order valence-electron chi connectivity index (χ2n) is 11.3. The van der Waals surface area contributed by atoms with Crippen molar-refractivity contribution in [2.24, 2.45) is 23.3 Å². The Morgan fingerprint density at radius 1 is 0.556 bits per heavy atom. The standard InChI is InChI=1S/C13H26N2.C12H15N3O6/c14-12-5-1-10(2-6-12)9-11-3-7-13(15)8-4-11;16-10-13(1-7-4-19-7)11(17)15(3-9-6-21-9)12(18)14(10)2-8-5-20-8/h10-13H,1-9,14-15H2;7-9H,1-6H2. The molecule has 1 aromatic rings. The van der Waals surface area contributed by atoms with Crippen LogP contribution in [0.3, 0.4) is 0 Å². The normalized spacial score (nSPS) is 35.0. The maximum atomic E-state index is 12.4. The number of nitrogens with zero attached hydrogens (tertiary/aromatic N) is 3. The van der Waals surface area contributed by atoms with E-state index in [9.17, 15) is 14.4 Å². The molecule has 5 fully saturated rings. The summed E-state index contributed by atoms with van der Waals surface area (Å²) in [6.45, 7) is 2.12. The van der Waals surface area contributed by atoms with E-state index < -0.39 is 17.1 Å². The van der Waals surface area contributed by atoms with Crippen LogP contribution in [0.2, 0.25) is 0 Å². The lowest BCUT2D eigenvalue weighted by molar-refractivity contribution is 0.225. The summed E-state index contributed by atoms with van der Waals surface area (Å²) in [5, 5.41) is 0. The minimum atomic E-state index is -0.594. The van der Waals surface area contributed by atoms with E-state index in [4.69, 9.17) is 25.7 Å². The Morgan fingerprint density at radius 2 is 0.833 bits per heavy atom. The van der Waals surface area contributed by atoms with Gasteiger partial charge in [-0.1, -0.05) is 0 Å². The van der Waals surface area contributed by atoms with Crippen LogP contribution in [0.15, 0.2) is 14.4 Å². The Labute approximate surface area is 210 Å². The first-order valence-electron chi connectivity index (χ1n) is 13.7. The van der Waals surface area contributed by atoms with Gasteiger partial charge in [-0.15, -0.1) is 0 Å². The molecule has 4 heterocycles. The summed E-state index contributed by atoms with van der Waals surface area (Å²) in [7, 11) is 0. The number of nitrogens with two attached hydrogens (primary N) is 2. The van der Waals surface area contributed by atoms with Crippen molar-refractivity contribution in [1.29, 1.82) is 0 Å². The zero-order valence-electron chi connectivity index (χ0n) is 21.1. The van der Waals surface area contributed by atoms with Gasteiger partial charge in [-0.2, -0.15) is 0 Å². The van der Waals surface area contributed by atoms with Crippen LogP contribution in [0.25, 0.3) is 0 Å². The summed E-state index contributed by atoms with van der Waals surface area (Å²) >= 11 is 0. The van der Waals surface area contributed by atoms with Crippen LogP contribution >= 0.6 is 0 Å². The summed E-state index contributed by atoms with van der Waals surface area (Å²) in [4.78, 5) is 37.1. The van der Waals surface area contributed by atoms with Gasteiger partial charge < -0.3 is 25.7 Å². The lowest BCUT2D eigenvalue weighted by Crippen LogP contribution is -2.55. The van der Waals surface area contributed by atoms with E-state index in [1.54, 1.807) is 0 Å². The maximum Gasteiger partial charge on any atom is 0.336 e. The third-order valence-electron chi connectivity index (χ3n) is 8.20. The van der Waals surface area contributed by atoms with Crippen LogP contribution in [0, 0.1) is 11.8 Å². The van der Waals surface area contributed by atoms with Crippen LogP contribution in [0.4, 0.5) is 0 Å². The lowest BCUT2D eigenvalue weighted by atomic mass is 9.76. The highest BCUT2D eigenvalue weighted by molar-refractivity contribution is 4.86. The highest BCUT2D eigenvalue weighted by Gasteiger charge is 2.31. The fraction of sp³-hybridized carbons (Fsp3) is 0.880. The second kappa shape index (κ2) is 11.3. The van der Waals surface area contributed by atoms with Gasteiger partial charge in [0.15, 0.2) is 0 Å². The van der Waals surface area contributed by atoms with Crippen molar-refractivity contribution in [2.45, 2.75) is 108 Å². The Balaban J connectivity index is 0.000000157. The average molecular weight is 508 g/mol. The average Bonchev–Trinajstić information content (AvgIpc) is 3.72. The zero-order valence-corrected chi connectivity index (χ0v) is 21.1. The highest BCUT2D eigenvalue weighted by Crippen LogP contribution is 2.34. The van der Waals surface area contributed by atoms with Crippen LogP contribution < -0.4 is 28.5 Å². The molecular formula is C25H41N5O6. The molecule has 0 spiro atoms. The van der Waals surface area contributed by atoms with Gasteiger partial charge in [0.2, 0.25) is 0 Å². The molecule has 2 saturated carbocycles. The molecule has 4 N–H and O–H groups in total. The topological polar surface area (TPSA) is 156 Å². The Morgan fingerprint density at radius 3 is 1.08 bits per heavy atom. The molecule has 0 amide bonds. The molecule has 0 bridgehead atoms. The first-order valence-corrected chi connectivity index (χ1v) is 13.7. The smallest absolute Gasteiger partial charge is 0.336 e. The van der Waals surface area contributed by atoms with Crippen LogP contribution in [0.1, 0.15) is 57.8 Å². The lowest BCUT2D eigenvalue weighted by Gasteiger charge is -2.32. The van der Waals surface area contributed by atoms with E-state index in [0.29, 0.717) is 31.9 Å². The number of epoxide rings is 3. The van der Waals surface area contributed by atoms with Gasteiger partial charge in [-0.05, 0) is 69.6 Å². The fourth-order valence-electron chi connectivity index (χ4n) is 5.60. The molecule has 0 radical (unpaired) electrons. The van der Waals surface area contributed by atoms with Crippen LogP contribution in [-0.2, 0) is 33.8 Å². The predicted octanol–water partition coefficient (Wildman–Crippen LogP) is -0.220. The third kappa shape index (κ3) is 6.95. The maximum absolute atomic E-state index is 12.4. The molecule has 36 heavy (non-hydrogen) atoms. The summed E-state index contributed by atoms with van der Waals surface area (Å²) in [6.07, 6.45) is 11.7. The fourth-order valence-corrected chi connectivity index (χ4v) is 5.60. The molecule has 0 aromatic carbocycles. The summed E-state index contributed by atoms with van der Waals surface area (Å²) in [6, 6.07) is 1.00. The molecule has 2 aliphatic carbocycles. The van der Waals surface area contributed by atoms with Gasteiger partial charge in [0.05, 0.1) is 57.8 Å². The van der Waals surface area contributed by atoms with Crippen molar-refractivity contribution in [3.05, 3.63) is 31.5 Å². The molecule has 11 heteroatoms. The van der Waals surface area contributed by atoms with Crippen molar-refractivity contribution < 1.29 is 14.2 Å². The molecule has 3 unspecified atom stereocenters. The summed E-state index contributed by atoms with van der Waals surface area (Å²) in [5.74, 6) is 1.95. The van der Waals surface area contributed by atoms with Gasteiger partial charge in [-0.25, -0.2) is 28.1 Å². The summed E-state index contributed by atoms with van der Waals surface area (Å²) < 4.78 is 18.4. The van der Waals surface area contributed by atoms with Crippen molar-refractivity contribution in [3.8, 4) is 0 Å².